The van der Waals surface area contributed by atoms with Gasteiger partial charge in [0.05, 0.1) is 43.0 Å². The maximum Gasteiger partial charge on any atom is 0.257 e. The predicted molar refractivity (Wildman–Crippen MR) is 116 cm³/mol. The van der Waals surface area contributed by atoms with Crippen molar-refractivity contribution in [3.8, 4) is 11.5 Å². The van der Waals surface area contributed by atoms with Crippen molar-refractivity contribution in [3.05, 3.63) is 48.0 Å². The molecule has 3 amide bonds. The molecular weight excluding hydrogens is 396 g/mol. The second-order valence-electron chi connectivity index (χ2n) is 8.18. The number of methoxy groups -OCH3 is 2. The van der Waals surface area contributed by atoms with E-state index in [2.05, 4.69) is 12.2 Å². The lowest BCUT2D eigenvalue weighted by atomic mass is 9.76. The number of anilines is 2. The Labute approximate surface area is 181 Å². The highest BCUT2D eigenvalue weighted by atomic mass is 16.5. The van der Waals surface area contributed by atoms with Gasteiger partial charge in [-0.2, -0.15) is 0 Å². The fraction of sp³-hybridized carbons (Fsp3) is 0.375. The molecule has 0 aromatic heterocycles. The molecule has 2 aliphatic rings. The minimum atomic E-state index is -0.439. The van der Waals surface area contributed by atoms with Crippen molar-refractivity contribution in [1.82, 2.24) is 0 Å². The lowest BCUT2D eigenvalue weighted by Crippen LogP contribution is -2.33. The van der Waals surface area contributed by atoms with Crippen LogP contribution in [0.2, 0.25) is 0 Å². The molecule has 1 N–H and O–H groups in total. The molecule has 1 saturated heterocycles. The molecule has 0 spiro atoms. The van der Waals surface area contributed by atoms with Gasteiger partial charge in [0, 0.05) is 6.07 Å². The molecule has 7 nitrogen and oxygen atoms in total. The van der Waals surface area contributed by atoms with Crippen molar-refractivity contribution in [2.45, 2.75) is 26.2 Å². The van der Waals surface area contributed by atoms with Crippen molar-refractivity contribution < 1.29 is 23.9 Å². The fourth-order valence-corrected chi connectivity index (χ4v) is 4.59. The van der Waals surface area contributed by atoms with E-state index in [1.807, 2.05) is 0 Å². The summed E-state index contributed by atoms with van der Waals surface area (Å²) in [4.78, 5) is 40.7. The van der Waals surface area contributed by atoms with Crippen molar-refractivity contribution in [3.63, 3.8) is 0 Å². The third-order valence-electron chi connectivity index (χ3n) is 6.23. The molecule has 0 bridgehead atoms. The normalized spacial score (nSPS) is 22.8. The molecule has 2 aromatic rings. The summed E-state index contributed by atoms with van der Waals surface area (Å²) in [6.45, 7) is 2.11. The summed E-state index contributed by atoms with van der Waals surface area (Å²) >= 11 is 0. The summed E-state index contributed by atoms with van der Waals surface area (Å²) in [5, 5.41) is 2.82. The van der Waals surface area contributed by atoms with E-state index in [1.54, 1.807) is 42.5 Å². The average molecular weight is 422 g/mol. The van der Waals surface area contributed by atoms with Crippen molar-refractivity contribution in [1.29, 1.82) is 0 Å². The standard InChI is InChI=1S/C24H26N2O5/c1-14-8-10-16-18(12-14)24(29)26(23(16)28)20-7-5-4-6-17(20)22(27)25-19-13-15(30-2)9-11-21(19)31-3/h4-7,9,11,13-14,16,18H,8,10,12H2,1-3H3,(H,25,27)/t14-,16+,18+/m0/s1. The molecule has 4 rings (SSSR count). The highest BCUT2D eigenvalue weighted by molar-refractivity contribution is 6.24. The van der Waals surface area contributed by atoms with Crippen LogP contribution in [-0.4, -0.2) is 31.9 Å². The number of fused-ring (bicyclic) bond motifs is 1. The van der Waals surface area contributed by atoms with E-state index >= 15 is 0 Å². The second-order valence-corrected chi connectivity index (χ2v) is 8.18. The molecule has 0 radical (unpaired) electrons. The Hall–Kier alpha value is -3.35. The van der Waals surface area contributed by atoms with Crippen LogP contribution in [0.3, 0.4) is 0 Å². The van der Waals surface area contributed by atoms with Gasteiger partial charge in [0.15, 0.2) is 0 Å². The zero-order valence-electron chi connectivity index (χ0n) is 17.9. The van der Waals surface area contributed by atoms with Crippen molar-refractivity contribution in [2.75, 3.05) is 24.4 Å². The van der Waals surface area contributed by atoms with Crippen LogP contribution in [-0.2, 0) is 9.59 Å². The van der Waals surface area contributed by atoms with Gasteiger partial charge in [-0.1, -0.05) is 19.1 Å². The molecule has 2 fully saturated rings. The number of nitrogens with zero attached hydrogens (tertiary/aromatic N) is 1. The van der Waals surface area contributed by atoms with E-state index < -0.39 is 5.91 Å². The SMILES string of the molecule is COc1ccc(OC)c(NC(=O)c2ccccc2N2C(=O)[C@@H]3CC[C@H](C)C[C@H]3C2=O)c1. The number of imide groups is 1. The Balaban J connectivity index is 1.66. The minimum Gasteiger partial charge on any atom is -0.497 e. The summed E-state index contributed by atoms with van der Waals surface area (Å²) in [6.07, 6.45) is 2.36. The Morgan fingerprint density at radius 3 is 2.48 bits per heavy atom. The van der Waals surface area contributed by atoms with E-state index in [0.717, 1.165) is 6.42 Å². The van der Waals surface area contributed by atoms with Gasteiger partial charge in [-0.3, -0.25) is 14.4 Å². The van der Waals surface area contributed by atoms with Gasteiger partial charge < -0.3 is 14.8 Å². The van der Waals surface area contributed by atoms with E-state index in [0.29, 0.717) is 41.6 Å². The quantitative estimate of drug-likeness (QED) is 0.739. The summed E-state index contributed by atoms with van der Waals surface area (Å²) < 4.78 is 10.6. The van der Waals surface area contributed by atoms with Gasteiger partial charge in [-0.25, -0.2) is 4.90 Å². The molecule has 0 unspecified atom stereocenters. The molecule has 31 heavy (non-hydrogen) atoms. The zero-order valence-corrected chi connectivity index (χ0v) is 17.9. The Kier molecular flexibility index (Phi) is 5.67. The topological polar surface area (TPSA) is 84.9 Å². The first-order chi connectivity index (χ1) is 14.9. The molecular formula is C24H26N2O5. The molecule has 1 aliphatic carbocycles. The molecule has 1 aliphatic heterocycles. The number of rotatable bonds is 5. The molecule has 1 heterocycles. The van der Waals surface area contributed by atoms with Crippen LogP contribution in [0.5, 0.6) is 11.5 Å². The molecule has 2 aromatic carbocycles. The number of hydrogen-bond acceptors (Lipinski definition) is 5. The summed E-state index contributed by atoms with van der Waals surface area (Å²) in [6, 6.07) is 11.8. The highest BCUT2D eigenvalue weighted by Crippen LogP contribution is 2.43. The lowest BCUT2D eigenvalue weighted by molar-refractivity contribution is -0.122. The summed E-state index contributed by atoms with van der Waals surface area (Å²) in [5.41, 5.74) is 1.00. The Morgan fingerprint density at radius 2 is 1.74 bits per heavy atom. The van der Waals surface area contributed by atoms with E-state index in [-0.39, 0.29) is 29.2 Å². The van der Waals surface area contributed by atoms with Crippen LogP contribution in [0.1, 0.15) is 36.5 Å². The maximum absolute atomic E-state index is 13.2. The molecule has 1 saturated carbocycles. The van der Waals surface area contributed by atoms with Crippen LogP contribution < -0.4 is 19.7 Å². The smallest absolute Gasteiger partial charge is 0.257 e. The average Bonchev–Trinajstić information content (AvgIpc) is 3.02. The van der Waals surface area contributed by atoms with Crippen LogP contribution in [0.15, 0.2) is 42.5 Å². The van der Waals surface area contributed by atoms with Crippen molar-refractivity contribution >= 4 is 29.1 Å². The number of amides is 3. The first kappa shape index (κ1) is 20.9. The van der Waals surface area contributed by atoms with E-state index in [9.17, 15) is 14.4 Å². The predicted octanol–water partition coefficient (Wildman–Crippen LogP) is 3.88. The second kappa shape index (κ2) is 8.41. The van der Waals surface area contributed by atoms with Gasteiger partial charge in [0.1, 0.15) is 11.5 Å². The van der Waals surface area contributed by atoms with Gasteiger partial charge in [-0.05, 0) is 49.4 Å². The minimum absolute atomic E-state index is 0.207. The largest absolute Gasteiger partial charge is 0.497 e. The van der Waals surface area contributed by atoms with Crippen LogP contribution in [0.25, 0.3) is 0 Å². The molecule has 3 atom stereocenters. The molecule has 7 heteroatoms. The first-order valence-corrected chi connectivity index (χ1v) is 10.4. The van der Waals surface area contributed by atoms with Gasteiger partial charge in [0.2, 0.25) is 11.8 Å². The van der Waals surface area contributed by atoms with Gasteiger partial charge in [0.25, 0.3) is 5.91 Å². The highest BCUT2D eigenvalue weighted by Gasteiger charge is 2.50. The number of carbonyl (C=O) groups is 3. The maximum atomic E-state index is 13.2. The van der Waals surface area contributed by atoms with Crippen molar-refractivity contribution in [2.24, 2.45) is 17.8 Å². The van der Waals surface area contributed by atoms with Crippen LogP contribution >= 0.6 is 0 Å². The van der Waals surface area contributed by atoms with E-state index in [4.69, 9.17) is 9.47 Å². The number of ether oxygens (including phenoxy) is 2. The zero-order chi connectivity index (χ0) is 22.1. The Bertz CT molecular complexity index is 1030. The number of nitrogens with one attached hydrogen (secondary N) is 1. The third-order valence-corrected chi connectivity index (χ3v) is 6.23. The fourth-order valence-electron chi connectivity index (χ4n) is 4.59. The van der Waals surface area contributed by atoms with E-state index in [1.165, 1.54) is 19.1 Å². The lowest BCUT2D eigenvalue weighted by Gasteiger charge is -2.25. The van der Waals surface area contributed by atoms with Gasteiger partial charge in [-0.15, -0.1) is 0 Å². The summed E-state index contributed by atoms with van der Waals surface area (Å²) in [7, 11) is 3.04. The number of benzene rings is 2. The molecule has 162 valence electrons. The Morgan fingerprint density at radius 1 is 1.00 bits per heavy atom. The summed E-state index contributed by atoms with van der Waals surface area (Å²) in [5.74, 6) is 0.00136. The third kappa shape index (κ3) is 3.76. The van der Waals surface area contributed by atoms with Crippen LogP contribution in [0, 0.1) is 17.8 Å². The number of para-hydroxylation sites is 1. The van der Waals surface area contributed by atoms with Gasteiger partial charge >= 0.3 is 0 Å². The first-order valence-electron chi connectivity index (χ1n) is 10.4. The monoisotopic (exact) mass is 422 g/mol. The number of carbonyl (C=O) groups excluding carboxylic acids is 3. The number of hydrogen-bond donors (Lipinski definition) is 1. The van der Waals surface area contributed by atoms with Crippen LogP contribution in [0.4, 0.5) is 11.4 Å².